The molecule has 1 aliphatic heterocycles. The van der Waals surface area contributed by atoms with Gasteiger partial charge in [0.2, 0.25) is 5.75 Å². The summed E-state index contributed by atoms with van der Waals surface area (Å²) < 4.78 is 16.6. The van der Waals surface area contributed by atoms with Crippen molar-refractivity contribution in [2.45, 2.75) is 24.1 Å². The van der Waals surface area contributed by atoms with Crippen LogP contribution in [0.2, 0.25) is 0 Å². The SMILES string of the molecule is COc1cc(C)c(C2(CO)C(C)=CN=CC2Br)c(OC)c1OC. The van der Waals surface area contributed by atoms with E-state index in [-0.39, 0.29) is 11.4 Å². The highest BCUT2D eigenvalue weighted by Gasteiger charge is 2.45. The van der Waals surface area contributed by atoms with E-state index < -0.39 is 5.41 Å². The summed E-state index contributed by atoms with van der Waals surface area (Å²) in [6.45, 7) is 3.83. The van der Waals surface area contributed by atoms with Crippen molar-refractivity contribution in [1.29, 1.82) is 0 Å². The number of ether oxygens (including phenoxy) is 3. The first kappa shape index (κ1) is 17.8. The largest absolute Gasteiger partial charge is 0.493 e. The summed E-state index contributed by atoms with van der Waals surface area (Å²) in [6, 6.07) is 1.90. The van der Waals surface area contributed by atoms with E-state index in [0.29, 0.717) is 17.2 Å². The minimum Gasteiger partial charge on any atom is -0.493 e. The lowest BCUT2D eigenvalue weighted by Gasteiger charge is -2.40. The Balaban J connectivity index is 2.85. The standard InChI is InChI=1S/C17H22BrNO4/c1-10-6-12(21-3)15(22-4)16(23-5)14(10)17(9-20)11(2)7-19-8-13(17)18/h6-8,13,20H,9H2,1-5H3. The van der Waals surface area contributed by atoms with Gasteiger partial charge in [-0.15, -0.1) is 0 Å². The number of hydrogen-bond acceptors (Lipinski definition) is 5. The molecule has 23 heavy (non-hydrogen) atoms. The van der Waals surface area contributed by atoms with Gasteiger partial charge >= 0.3 is 0 Å². The zero-order valence-corrected chi connectivity index (χ0v) is 15.6. The van der Waals surface area contributed by atoms with Gasteiger partial charge in [0.05, 0.1) is 38.2 Å². The van der Waals surface area contributed by atoms with Gasteiger partial charge in [-0.3, -0.25) is 4.99 Å². The first-order valence-electron chi connectivity index (χ1n) is 7.23. The average molecular weight is 384 g/mol. The summed E-state index contributed by atoms with van der Waals surface area (Å²) in [5.74, 6) is 1.67. The summed E-state index contributed by atoms with van der Waals surface area (Å²) in [6.07, 6.45) is 3.54. The molecule has 0 amide bonds. The molecule has 0 spiro atoms. The van der Waals surface area contributed by atoms with Gasteiger partial charge in [-0.1, -0.05) is 15.9 Å². The van der Waals surface area contributed by atoms with E-state index in [1.54, 1.807) is 33.7 Å². The van der Waals surface area contributed by atoms with Crippen molar-refractivity contribution in [2.24, 2.45) is 4.99 Å². The van der Waals surface area contributed by atoms with E-state index in [9.17, 15) is 5.11 Å². The van der Waals surface area contributed by atoms with Crippen LogP contribution in [0.1, 0.15) is 18.1 Å². The zero-order valence-electron chi connectivity index (χ0n) is 14.0. The quantitative estimate of drug-likeness (QED) is 0.793. The molecular weight excluding hydrogens is 362 g/mol. The first-order chi connectivity index (χ1) is 11.0. The molecule has 0 saturated heterocycles. The molecule has 0 bridgehead atoms. The fourth-order valence-electron chi connectivity index (χ4n) is 3.15. The number of hydrogen-bond donors (Lipinski definition) is 1. The van der Waals surface area contributed by atoms with E-state index in [1.807, 2.05) is 19.9 Å². The first-order valence-corrected chi connectivity index (χ1v) is 8.15. The van der Waals surface area contributed by atoms with Crippen LogP contribution in [0.3, 0.4) is 0 Å². The number of methoxy groups -OCH3 is 3. The second kappa shape index (κ2) is 6.93. The molecule has 2 atom stereocenters. The van der Waals surface area contributed by atoms with E-state index in [2.05, 4.69) is 20.9 Å². The highest BCUT2D eigenvalue weighted by molar-refractivity contribution is 9.10. The van der Waals surface area contributed by atoms with Gasteiger partial charge in [-0.05, 0) is 31.1 Å². The minimum atomic E-state index is -0.684. The zero-order chi connectivity index (χ0) is 17.2. The maximum Gasteiger partial charge on any atom is 0.203 e. The number of aryl methyl sites for hydroxylation is 1. The molecule has 0 radical (unpaired) electrons. The van der Waals surface area contributed by atoms with Crippen molar-refractivity contribution in [3.05, 3.63) is 29.0 Å². The third kappa shape index (κ3) is 2.64. The van der Waals surface area contributed by atoms with Crippen LogP contribution < -0.4 is 14.2 Å². The number of benzene rings is 1. The predicted molar refractivity (Wildman–Crippen MR) is 94.6 cm³/mol. The normalized spacial score (nSPS) is 23.4. The molecule has 126 valence electrons. The number of aliphatic imine (C=N–C) groups is 1. The monoisotopic (exact) mass is 383 g/mol. The maximum atomic E-state index is 10.3. The van der Waals surface area contributed by atoms with Gasteiger partial charge in [-0.2, -0.15) is 0 Å². The van der Waals surface area contributed by atoms with Gasteiger partial charge in [0, 0.05) is 18.0 Å². The van der Waals surface area contributed by atoms with Crippen molar-refractivity contribution in [3.63, 3.8) is 0 Å². The van der Waals surface area contributed by atoms with E-state index in [0.717, 1.165) is 16.7 Å². The van der Waals surface area contributed by atoms with Crippen LogP contribution in [-0.2, 0) is 5.41 Å². The van der Waals surface area contributed by atoms with Crippen LogP contribution in [0.5, 0.6) is 17.2 Å². The Morgan fingerprint density at radius 2 is 1.83 bits per heavy atom. The third-order valence-corrected chi connectivity index (χ3v) is 5.40. The van der Waals surface area contributed by atoms with Crippen LogP contribution in [0.25, 0.3) is 0 Å². The molecule has 0 aliphatic carbocycles. The second-order valence-corrected chi connectivity index (χ2v) is 6.47. The van der Waals surface area contributed by atoms with Crippen molar-refractivity contribution in [3.8, 4) is 17.2 Å². The van der Waals surface area contributed by atoms with Gasteiger partial charge in [0.15, 0.2) is 11.5 Å². The lowest BCUT2D eigenvalue weighted by atomic mass is 9.70. The van der Waals surface area contributed by atoms with E-state index in [1.165, 1.54) is 0 Å². The average Bonchev–Trinajstić information content (AvgIpc) is 2.55. The van der Waals surface area contributed by atoms with Gasteiger partial charge in [-0.25, -0.2) is 0 Å². The van der Waals surface area contributed by atoms with Crippen LogP contribution in [0.15, 0.2) is 22.8 Å². The summed E-state index contributed by atoms with van der Waals surface area (Å²) in [5.41, 5.74) is 2.07. The Morgan fingerprint density at radius 3 is 2.30 bits per heavy atom. The summed E-state index contributed by atoms with van der Waals surface area (Å²) in [4.78, 5) is 4.06. The number of alkyl halides is 1. The number of aliphatic hydroxyl groups is 1. The third-order valence-electron chi connectivity index (χ3n) is 4.38. The molecule has 5 nitrogen and oxygen atoms in total. The summed E-state index contributed by atoms with van der Waals surface area (Å²) >= 11 is 3.65. The van der Waals surface area contributed by atoms with E-state index in [4.69, 9.17) is 14.2 Å². The fraction of sp³-hybridized carbons (Fsp3) is 0.471. The summed E-state index contributed by atoms with van der Waals surface area (Å²) in [5, 5.41) is 10.3. The molecule has 1 heterocycles. The predicted octanol–water partition coefficient (Wildman–Crippen LogP) is 3.00. The highest BCUT2D eigenvalue weighted by Crippen LogP contribution is 2.51. The van der Waals surface area contributed by atoms with Gasteiger partial charge < -0.3 is 19.3 Å². The molecule has 0 fully saturated rings. The smallest absolute Gasteiger partial charge is 0.203 e. The topological polar surface area (TPSA) is 60.3 Å². The lowest BCUT2D eigenvalue weighted by molar-refractivity contribution is 0.218. The van der Waals surface area contributed by atoms with Crippen molar-refractivity contribution in [1.82, 2.24) is 0 Å². The lowest BCUT2D eigenvalue weighted by Crippen LogP contribution is -2.44. The van der Waals surface area contributed by atoms with Crippen molar-refractivity contribution >= 4 is 22.1 Å². The van der Waals surface area contributed by atoms with Crippen LogP contribution in [0, 0.1) is 6.92 Å². The van der Waals surface area contributed by atoms with Gasteiger partial charge in [0.1, 0.15) is 0 Å². The Hall–Kier alpha value is -1.53. The molecule has 2 rings (SSSR count). The number of nitrogens with zero attached hydrogens (tertiary/aromatic N) is 1. The molecule has 2 unspecified atom stereocenters. The number of rotatable bonds is 5. The molecule has 1 aromatic rings. The van der Waals surface area contributed by atoms with Crippen molar-refractivity contribution in [2.75, 3.05) is 27.9 Å². The Morgan fingerprint density at radius 1 is 1.17 bits per heavy atom. The highest BCUT2D eigenvalue weighted by atomic mass is 79.9. The maximum absolute atomic E-state index is 10.3. The van der Waals surface area contributed by atoms with Crippen molar-refractivity contribution < 1.29 is 19.3 Å². The van der Waals surface area contributed by atoms with Crippen LogP contribution in [0.4, 0.5) is 0 Å². The van der Waals surface area contributed by atoms with E-state index >= 15 is 0 Å². The molecular formula is C17H22BrNO4. The minimum absolute atomic E-state index is 0.0933. The Labute approximate surface area is 145 Å². The van der Waals surface area contributed by atoms with Crippen LogP contribution >= 0.6 is 15.9 Å². The number of aliphatic hydroxyl groups excluding tert-OH is 1. The Bertz CT molecular complexity index is 656. The molecule has 6 heteroatoms. The van der Waals surface area contributed by atoms with Gasteiger partial charge in [0.25, 0.3) is 0 Å². The molecule has 1 aliphatic rings. The fourth-order valence-corrected chi connectivity index (χ4v) is 4.02. The molecule has 0 aromatic heterocycles. The molecule has 1 aromatic carbocycles. The second-order valence-electron chi connectivity index (χ2n) is 5.48. The molecule has 1 N–H and O–H groups in total. The Kier molecular flexibility index (Phi) is 5.37. The molecule has 0 saturated carbocycles. The number of halogens is 1. The van der Waals surface area contributed by atoms with Crippen LogP contribution in [-0.4, -0.2) is 44.1 Å². The summed E-state index contributed by atoms with van der Waals surface area (Å²) in [7, 11) is 4.75.